The summed E-state index contributed by atoms with van der Waals surface area (Å²) in [5.74, 6) is 0. The van der Waals surface area contributed by atoms with Crippen molar-refractivity contribution in [1.82, 2.24) is 0 Å². The molecular formula is C7H7Cl2O5P. The summed E-state index contributed by atoms with van der Waals surface area (Å²) in [5, 5.41) is -0.131. The molecule has 0 fully saturated rings. The number of phosphoric acid groups is 1. The first-order valence-corrected chi connectivity index (χ1v) is 5.76. The summed E-state index contributed by atoms with van der Waals surface area (Å²) in [7, 11) is -4.64. The monoisotopic (exact) mass is 272 g/mol. The lowest BCUT2D eigenvalue weighted by atomic mass is 10.2. The van der Waals surface area contributed by atoms with E-state index in [9.17, 15) is 4.79 Å². The van der Waals surface area contributed by atoms with Crippen molar-refractivity contribution in [3.8, 4) is 0 Å². The van der Waals surface area contributed by atoms with Crippen LogP contribution < -0.4 is 0 Å². The van der Waals surface area contributed by atoms with Gasteiger partial charge in [0, 0.05) is 0 Å². The van der Waals surface area contributed by atoms with Crippen molar-refractivity contribution in [2.45, 2.75) is 0 Å². The van der Waals surface area contributed by atoms with Gasteiger partial charge >= 0.3 is 7.82 Å². The summed E-state index contributed by atoms with van der Waals surface area (Å²) >= 11 is 10.8. The number of rotatable bonds is 1. The number of carbonyl (C=O) groups is 1. The third-order valence-corrected chi connectivity index (χ3v) is 1.62. The van der Waals surface area contributed by atoms with Crippen molar-refractivity contribution in [3.05, 3.63) is 34.9 Å². The highest BCUT2D eigenvalue weighted by atomic mass is 35.5. The SMILES string of the molecule is O=C(Cl)c1ccccc1Cl.O=P(O)(O)O. The lowest BCUT2D eigenvalue weighted by Gasteiger charge is -1.93. The van der Waals surface area contributed by atoms with E-state index in [0.29, 0.717) is 10.6 Å². The molecule has 8 heteroatoms. The predicted molar refractivity (Wildman–Crippen MR) is 55.9 cm³/mol. The molecule has 0 spiro atoms. The molecule has 5 nitrogen and oxygen atoms in total. The molecule has 0 saturated carbocycles. The summed E-state index contributed by atoms with van der Waals surface area (Å²) in [6.45, 7) is 0. The van der Waals surface area contributed by atoms with Crippen molar-refractivity contribution in [2.75, 3.05) is 0 Å². The molecule has 0 heterocycles. The van der Waals surface area contributed by atoms with Crippen LogP contribution in [0.5, 0.6) is 0 Å². The van der Waals surface area contributed by atoms with Crippen LogP contribution >= 0.6 is 31.0 Å². The van der Waals surface area contributed by atoms with Crippen LogP contribution in [0.1, 0.15) is 10.4 Å². The van der Waals surface area contributed by atoms with Crippen LogP contribution in [0.4, 0.5) is 0 Å². The van der Waals surface area contributed by atoms with Crippen molar-refractivity contribution < 1.29 is 24.0 Å². The molecule has 3 N–H and O–H groups in total. The van der Waals surface area contributed by atoms with Gasteiger partial charge < -0.3 is 14.7 Å². The maximum Gasteiger partial charge on any atom is 0.466 e. The number of benzene rings is 1. The second-order valence-corrected chi connectivity index (χ2v) is 4.04. The maximum absolute atomic E-state index is 10.5. The normalized spacial score (nSPS) is 10.2. The van der Waals surface area contributed by atoms with Crippen LogP contribution in [0.3, 0.4) is 0 Å². The fourth-order valence-electron chi connectivity index (χ4n) is 0.621. The number of halogens is 2. The molecule has 84 valence electrons. The molecule has 0 aliphatic rings. The van der Waals surface area contributed by atoms with E-state index in [0.717, 1.165) is 0 Å². The Kier molecular flexibility index (Phi) is 6.05. The molecule has 1 aromatic rings. The van der Waals surface area contributed by atoms with Gasteiger partial charge in [-0.1, -0.05) is 23.7 Å². The van der Waals surface area contributed by atoms with Gasteiger partial charge in [-0.05, 0) is 23.7 Å². The molecule has 0 saturated heterocycles. The van der Waals surface area contributed by atoms with Gasteiger partial charge in [0.05, 0.1) is 10.6 Å². The number of hydrogen-bond acceptors (Lipinski definition) is 2. The van der Waals surface area contributed by atoms with Crippen molar-refractivity contribution in [2.24, 2.45) is 0 Å². The van der Waals surface area contributed by atoms with Crippen LogP contribution in [0, 0.1) is 0 Å². The fourth-order valence-corrected chi connectivity index (χ4v) is 1.06. The van der Waals surface area contributed by atoms with Gasteiger partial charge in [-0.3, -0.25) is 4.79 Å². The lowest BCUT2D eigenvalue weighted by Crippen LogP contribution is -1.87. The van der Waals surface area contributed by atoms with E-state index in [-0.39, 0.29) is 0 Å². The molecule has 0 atom stereocenters. The first-order valence-electron chi connectivity index (χ1n) is 3.44. The van der Waals surface area contributed by atoms with E-state index in [4.69, 9.17) is 42.4 Å². The Morgan fingerprint density at radius 2 is 1.60 bits per heavy atom. The van der Waals surface area contributed by atoms with Crippen LogP contribution in [0.2, 0.25) is 5.02 Å². The quantitative estimate of drug-likeness (QED) is 0.535. The Hall–Kier alpha value is -0.420. The zero-order chi connectivity index (χ0) is 12.1. The van der Waals surface area contributed by atoms with E-state index >= 15 is 0 Å². The third kappa shape index (κ3) is 8.57. The van der Waals surface area contributed by atoms with Gasteiger partial charge in [0.25, 0.3) is 5.24 Å². The topological polar surface area (TPSA) is 94.8 Å². The van der Waals surface area contributed by atoms with Gasteiger partial charge in [0.2, 0.25) is 0 Å². The smallest absolute Gasteiger partial charge is 0.303 e. The average Bonchev–Trinajstić information content (AvgIpc) is 2.01. The Morgan fingerprint density at radius 1 is 1.20 bits per heavy atom. The first kappa shape index (κ1) is 14.6. The van der Waals surface area contributed by atoms with Crippen molar-refractivity contribution in [3.63, 3.8) is 0 Å². The molecule has 0 aromatic heterocycles. The zero-order valence-corrected chi connectivity index (χ0v) is 9.58. The molecule has 0 radical (unpaired) electrons. The number of hydrogen-bond donors (Lipinski definition) is 3. The molecule has 0 bridgehead atoms. The standard InChI is InChI=1S/C7H4Cl2O.H3O4P/c8-6-4-2-1-3-5(6)7(9)10;1-5(2,3)4/h1-4H;(H3,1,2,3,4). The molecule has 1 aromatic carbocycles. The van der Waals surface area contributed by atoms with Crippen molar-refractivity contribution >= 4 is 36.3 Å². The maximum atomic E-state index is 10.5. The molecule has 0 aliphatic carbocycles. The van der Waals surface area contributed by atoms with Crippen molar-refractivity contribution in [1.29, 1.82) is 0 Å². The van der Waals surface area contributed by atoms with Crippen LogP contribution in [0.25, 0.3) is 0 Å². The lowest BCUT2D eigenvalue weighted by molar-refractivity contribution is 0.108. The summed E-state index contributed by atoms with van der Waals surface area (Å²) < 4.78 is 8.88. The summed E-state index contributed by atoms with van der Waals surface area (Å²) in [5.41, 5.74) is 0.353. The average molecular weight is 273 g/mol. The minimum atomic E-state index is -4.64. The highest BCUT2D eigenvalue weighted by Gasteiger charge is 2.04. The molecule has 0 aliphatic heterocycles. The van der Waals surface area contributed by atoms with E-state index in [1.54, 1.807) is 24.3 Å². The zero-order valence-electron chi connectivity index (χ0n) is 7.17. The Bertz CT molecular complexity index is 380. The van der Waals surface area contributed by atoms with Gasteiger partial charge in [0.15, 0.2) is 0 Å². The summed E-state index contributed by atoms with van der Waals surface area (Å²) in [6, 6.07) is 6.65. The van der Waals surface area contributed by atoms with Gasteiger partial charge in [-0.15, -0.1) is 0 Å². The highest BCUT2D eigenvalue weighted by Crippen LogP contribution is 2.25. The Labute approximate surface area is 95.5 Å². The minimum absolute atomic E-state index is 0.353. The summed E-state index contributed by atoms with van der Waals surface area (Å²) in [6.07, 6.45) is 0. The molecule has 1 rings (SSSR count). The van der Waals surface area contributed by atoms with Gasteiger partial charge in [0.1, 0.15) is 0 Å². The third-order valence-electron chi connectivity index (χ3n) is 1.09. The highest BCUT2D eigenvalue weighted by molar-refractivity contribution is 7.45. The predicted octanol–water partition coefficient (Wildman–Crippen LogP) is 1.79. The van der Waals surface area contributed by atoms with Gasteiger partial charge in [-0.25, -0.2) is 4.57 Å². The van der Waals surface area contributed by atoms with E-state index in [1.165, 1.54) is 0 Å². The van der Waals surface area contributed by atoms with Crippen LogP contribution in [-0.4, -0.2) is 19.9 Å². The fraction of sp³-hybridized carbons (Fsp3) is 0. The van der Waals surface area contributed by atoms with Crippen LogP contribution in [0.15, 0.2) is 24.3 Å². The molecule has 15 heavy (non-hydrogen) atoms. The summed E-state index contributed by atoms with van der Waals surface area (Å²) in [4.78, 5) is 32.1. The van der Waals surface area contributed by atoms with E-state index < -0.39 is 13.1 Å². The second kappa shape index (κ2) is 6.23. The van der Waals surface area contributed by atoms with E-state index in [2.05, 4.69) is 0 Å². The second-order valence-electron chi connectivity index (χ2n) is 2.27. The first-order chi connectivity index (χ1) is 6.72. The molecular weight excluding hydrogens is 266 g/mol. The Balaban J connectivity index is 0.000000336. The van der Waals surface area contributed by atoms with Gasteiger partial charge in [-0.2, -0.15) is 0 Å². The molecule has 0 amide bonds. The van der Waals surface area contributed by atoms with Crippen LogP contribution in [-0.2, 0) is 4.57 Å². The van der Waals surface area contributed by atoms with E-state index in [1.807, 2.05) is 0 Å². The molecule has 0 unspecified atom stereocenters. The largest absolute Gasteiger partial charge is 0.466 e. The number of carbonyl (C=O) groups excluding carboxylic acids is 1. The minimum Gasteiger partial charge on any atom is -0.303 e. The Morgan fingerprint density at radius 3 is 1.87 bits per heavy atom.